The fourth-order valence-electron chi connectivity index (χ4n) is 2.24. The van der Waals surface area contributed by atoms with E-state index in [1.807, 2.05) is 0 Å². The molecular formula is C12H11BrClNO3. The average Bonchev–Trinajstić information content (AvgIpc) is 2.60. The maximum atomic E-state index is 11.6. The number of benzene rings is 1. The number of aliphatic carboxylic acids is 1. The zero-order valence-electron chi connectivity index (χ0n) is 9.56. The number of carboxylic acid groups (broad SMARTS) is 1. The van der Waals surface area contributed by atoms with Crippen LogP contribution in [0.1, 0.15) is 18.0 Å². The Labute approximate surface area is 118 Å². The van der Waals surface area contributed by atoms with Crippen LogP contribution in [0.25, 0.3) is 0 Å². The molecule has 2 unspecified atom stereocenters. The van der Waals surface area contributed by atoms with Crippen molar-refractivity contribution in [2.75, 3.05) is 7.05 Å². The third-order valence-corrected chi connectivity index (χ3v) is 4.40. The molecule has 0 spiro atoms. The lowest BCUT2D eigenvalue weighted by Crippen LogP contribution is -2.26. The highest BCUT2D eigenvalue weighted by Crippen LogP contribution is 2.38. The van der Waals surface area contributed by atoms with Crippen molar-refractivity contribution in [1.29, 1.82) is 0 Å². The number of carbonyl (C=O) groups is 2. The highest BCUT2D eigenvalue weighted by Gasteiger charge is 2.42. The van der Waals surface area contributed by atoms with Crippen LogP contribution in [0.5, 0.6) is 0 Å². The molecule has 2 atom stereocenters. The van der Waals surface area contributed by atoms with Gasteiger partial charge in [0, 0.05) is 17.9 Å². The van der Waals surface area contributed by atoms with Crippen LogP contribution in [0.4, 0.5) is 0 Å². The smallest absolute Gasteiger partial charge is 0.309 e. The third kappa shape index (κ3) is 2.24. The van der Waals surface area contributed by atoms with Gasteiger partial charge in [0.15, 0.2) is 0 Å². The van der Waals surface area contributed by atoms with Crippen LogP contribution in [0.15, 0.2) is 22.7 Å². The van der Waals surface area contributed by atoms with Gasteiger partial charge in [-0.3, -0.25) is 9.59 Å². The Balaban J connectivity index is 2.42. The van der Waals surface area contributed by atoms with E-state index in [0.29, 0.717) is 9.50 Å². The lowest BCUT2D eigenvalue weighted by atomic mass is 9.94. The van der Waals surface area contributed by atoms with Crippen LogP contribution in [0.3, 0.4) is 0 Å². The summed E-state index contributed by atoms with van der Waals surface area (Å²) in [6.07, 6.45) is 0.0384. The highest BCUT2D eigenvalue weighted by atomic mass is 79.9. The molecule has 1 heterocycles. The fourth-order valence-corrected chi connectivity index (χ4v) is 2.76. The van der Waals surface area contributed by atoms with E-state index >= 15 is 0 Å². The molecule has 1 saturated heterocycles. The van der Waals surface area contributed by atoms with Crippen LogP contribution >= 0.6 is 27.5 Å². The van der Waals surface area contributed by atoms with Crippen molar-refractivity contribution in [2.45, 2.75) is 12.5 Å². The van der Waals surface area contributed by atoms with Gasteiger partial charge in [-0.2, -0.15) is 0 Å². The van der Waals surface area contributed by atoms with Gasteiger partial charge in [-0.25, -0.2) is 0 Å². The molecule has 1 N–H and O–H groups in total. The molecule has 0 bridgehead atoms. The standard InChI is InChI=1S/C12H11BrClNO3/c1-15-10(16)5-7(12(17)18)11(15)6-2-3-9(14)8(13)4-6/h2-4,7,11H,5H2,1H3,(H,17,18). The van der Waals surface area contributed by atoms with E-state index in [-0.39, 0.29) is 12.3 Å². The minimum Gasteiger partial charge on any atom is -0.481 e. The minimum atomic E-state index is -0.955. The van der Waals surface area contributed by atoms with Crippen LogP contribution in [-0.2, 0) is 9.59 Å². The number of hydrogen-bond donors (Lipinski definition) is 1. The molecule has 0 saturated carbocycles. The lowest BCUT2D eigenvalue weighted by molar-refractivity contribution is -0.142. The Morgan fingerprint density at radius 1 is 1.56 bits per heavy atom. The predicted molar refractivity (Wildman–Crippen MR) is 70.4 cm³/mol. The zero-order chi connectivity index (χ0) is 13.4. The first-order chi connectivity index (χ1) is 8.41. The first-order valence-electron chi connectivity index (χ1n) is 5.35. The van der Waals surface area contributed by atoms with E-state index in [9.17, 15) is 14.7 Å². The summed E-state index contributed by atoms with van der Waals surface area (Å²) in [6.45, 7) is 0. The summed E-state index contributed by atoms with van der Waals surface area (Å²) in [5, 5.41) is 9.74. The van der Waals surface area contributed by atoms with Gasteiger partial charge in [0.25, 0.3) is 0 Å². The summed E-state index contributed by atoms with van der Waals surface area (Å²) in [4.78, 5) is 24.3. The second-order valence-electron chi connectivity index (χ2n) is 4.27. The van der Waals surface area contributed by atoms with Crippen LogP contribution in [-0.4, -0.2) is 28.9 Å². The van der Waals surface area contributed by atoms with E-state index in [2.05, 4.69) is 15.9 Å². The topological polar surface area (TPSA) is 57.6 Å². The molecule has 1 aromatic carbocycles. The molecule has 0 radical (unpaired) electrons. The summed E-state index contributed by atoms with van der Waals surface area (Å²) in [5.41, 5.74) is 0.770. The molecule has 1 aromatic rings. The van der Waals surface area contributed by atoms with Crippen molar-refractivity contribution in [3.8, 4) is 0 Å². The van der Waals surface area contributed by atoms with Crippen molar-refractivity contribution < 1.29 is 14.7 Å². The van der Waals surface area contributed by atoms with E-state index in [1.54, 1.807) is 25.2 Å². The molecule has 0 aliphatic carbocycles. The maximum absolute atomic E-state index is 11.6. The monoisotopic (exact) mass is 331 g/mol. The van der Waals surface area contributed by atoms with Gasteiger partial charge in [0.1, 0.15) is 0 Å². The van der Waals surface area contributed by atoms with Gasteiger partial charge in [0.05, 0.1) is 17.0 Å². The summed E-state index contributed by atoms with van der Waals surface area (Å²) >= 11 is 9.21. The lowest BCUT2D eigenvalue weighted by Gasteiger charge is -2.23. The van der Waals surface area contributed by atoms with E-state index < -0.39 is 17.9 Å². The number of nitrogens with zero attached hydrogens (tertiary/aromatic N) is 1. The first-order valence-corrected chi connectivity index (χ1v) is 6.52. The number of amides is 1. The third-order valence-electron chi connectivity index (χ3n) is 3.19. The minimum absolute atomic E-state index is 0.0384. The van der Waals surface area contributed by atoms with Crippen LogP contribution in [0.2, 0.25) is 5.02 Å². The van der Waals surface area contributed by atoms with Crippen LogP contribution < -0.4 is 0 Å². The summed E-state index contributed by atoms with van der Waals surface area (Å²) in [7, 11) is 1.62. The van der Waals surface area contributed by atoms with E-state index in [1.165, 1.54) is 4.90 Å². The van der Waals surface area contributed by atoms with Crippen LogP contribution in [0, 0.1) is 5.92 Å². The largest absolute Gasteiger partial charge is 0.481 e. The molecule has 6 heteroatoms. The Bertz CT molecular complexity index is 520. The highest BCUT2D eigenvalue weighted by molar-refractivity contribution is 9.10. The Kier molecular flexibility index (Phi) is 3.64. The second-order valence-corrected chi connectivity index (χ2v) is 5.53. The SMILES string of the molecule is CN1C(=O)CC(C(=O)O)C1c1ccc(Cl)c(Br)c1. The molecule has 1 fully saturated rings. The summed E-state index contributed by atoms with van der Waals surface area (Å²) in [5.74, 6) is -1.82. The van der Waals surface area contributed by atoms with Crippen molar-refractivity contribution in [1.82, 2.24) is 4.90 Å². The first kappa shape index (κ1) is 13.4. The predicted octanol–water partition coefficient (Wildman–Crippen LogP) is 2.71. The van der Waals surface area contributed by atoms with Crippen molar-refractivity contribution in [3.63, 3.8) is 0 Å². The van der Waals surface area contributed by atoms with Crippen molar-refractivity contribution in [2.24, 2.45) is 5.92 Å². The molecule has 18 heavy (non-hydrogen) atoms. The number of rotatable bonds is 2. The molecule has 0 aromatic heterocycles. The van der Waals surface area contributed by atoms with Gasteiger partial charge in [-0.15, -0.1) is 0 Å². The summed E-state index contributed by atoms with van der Waals surface area (Å²) < 4.78 is 0.693. The number of hydrogen-bond acceptors (Lipinski definition) is 2. The zero-order valence-corrected chi connectivity index (χ0v) is 11.9. The number of carboxylic acids is 1. The molecule has 1 amide bonds. The van der Waals surface area contributed by atoms with Gasteiger partial charge < -0.3 is 10.0 Å². The Morgan fingerprint density at radius 3 is 2.78 bits per heavy atom. The Morgan fingerprint density at radius 2 is 2.22 bits per heavy atom. The molecule has 4 nitrogen and oxygen atoms in total. The van der Waals surface area contributed by atoms with Gasteiger partial charge in [-0.1, -0.05) is 17.7 Å². The fraction of sp³-hybridized carbons (Fsp3) is 0.333. The average molecular weight is 333 g/mol. The number of carbonyl (C=O) groups excluding carboxylic acids is 1. The molecule has 1 aliphatic heterocycles. The molecular weight excluding hydrogens is 321 g/mol. The second kappa shape index (κ2) is 4.90. The van der Waals surface area contributed by atoms with E-state index in [4.69, 9.17) is 11.6 Å². The summed E-state index contributed by atoms with van der Waals surface area (Å²) in [6, 6.07) is 4.76. The Hall–Kier alpha value is -1.07. The van der Waals surface area contributed by atoms with Crippen molar-refractivity contribution in [3.05, 3.63) is 33.3 Å². The normalized spacial score (nSPS) is 23.5. The van der Waals surface area contributed by atoms with Gasteiger partial charge in [0.2, 0.25) is 5.91 Å². The van der Waals surface area contributed by atoms with E-state index in [0.717, 1.165) is 5.56 Å². The number of likely N-dealkylation sites (tertiary alicyclic amines) is 1. The molecule has 1 aliphatic rings. The molecule has 96 valence electrons. The van der Waals surface area contributed by atoms with Crippen molar-refractivity contribution >= 4 is 39.4 Å². The van der Waals surface area contributed by atoms with Gasteiger partial charge >= 0.3 is 5.97 Å². The quantitative estimate of drug-likeness (QED) is 0.906. The maximum Gasteiger partial charge on any atom is 0.309 e. The number of halogens is 2. The molecule has 2 rings (SSSR count). The van der Waals surface area contributed by atoms with Gasteiger partial charge in [-0.05, 0) is 33.6 Å².